The van der Waals surface area contributed by atoms with E-state index in [2.05, 4.69) is 44.3 Å². The molecule has 1 saturated heterocycles. The Labute approximate surface area is 115 Å². The molecule has 0 saturated carbocycles. The molecular weight excluding hydrogens is 240 g/mol. The molecule has 6 nitrogen and oxygen atoms in total. The molecule has 0 aromatic carbocycles. The first-order valence-corrected chi connectivity index (χ1v) is 7.32. The van der Waals surface area contributed by atoms with E-state index in [9.17, 15) is 0 Å². The Morgan fingerprint density at radius 3 is 1.89 bits per heavy atom. The summed E-state index contributed by atoms with van der Waals surface area (Å²) in [5, 5.41) is 6.49. The highest BCUT2D eigenvalue weighted by Crippen LogP contribution is 2.18. The van der Waals surface area contributed by atoms with Crippen LogP contribution in [0.5, 0.6) is 0 Å². The van der Waals surface area contributed by atoms with Gasteiger partial charge in [0.15, 0.2) is 0 Å². The molecule has 0 radical (unpaired) electrons. The fourth-order valence-electron chi connectivity index (χ4n) is 2.06. The van der Waals surface area contributed by atoms with Crippen molar-refractivity contribution >= 4 is 17.8 Å². The predicted molar refractivity (Wildman–Crippen MR) is 78.8 cm³/mol. The van der Waals surface area contributed by atoms with Crippen molar-refractivity contribution in [2.45, 2.75) is 39.5 Å². The van der Waals surface area contributed by atoms with Gasteiger partial charge in [-0.3, -0.25) is 0 Å². The Bertz CT molecular complexity index is 362. The summed E-state index contributed by atoms with van der Waals surface area (Å²) in [5.41, 5.74) is 0. The highest BCUT2D eigenvalue weighted by atomic mass is 15.3. The SMILES string of the molecule is CCCNc1nc(NCCC)nc(N2CCCC2)n1. The maximum atomic E-state index is 4.51. The van der Waals surface area contributed by atoms with Crippen molar-refractivity contribution in [1.29, 1.82) is 0 Å². The smallest absolute Gasteiger partial charge is 0.231 e. The lowest BCUT2D eigenvalue weighted by molar-refractivity contribution is 0.862. The minimum absolute atomic E-state index is 0.678. The fraction of sp³-hybridized carbons (Fsp3) is 0.769. The Balaban J connectivity index is 2.14. The zero-order valence-corrected chi connectivity index (χ0v) is 11.9. The van der Waals surface area contributed by atoms with Gasteiger partial charge in [0.2, 0.25) is 17.8 Å². The van der Waals surface area contributed by atoms with Gasteiger partial charge in [-0.1, -0.05) is 13.8 Å². The first-order valence-electron chi connectivity index (χ1n) is 7.32. The predicted octanol–water partition coefficient (Wildman–Crippen LogP) is 2.12. The van der Waals surface area contributed by atoms with Gasteiger partial charge in [-0.25, -0.2) is 0 Å². The number of nitrogens with zero attached hydrogens (tertiary/aromatic N) is 4. The molecule has 6 heteroatoms. The quantitative estimate of drug-likeness (QED) is 0.786. The van der Waals surface area contributed by atoms with E-state index >= 15 is 0 Å². The maximum absolute atomic E-state index is 4.51. The lowest BCUT2D eigenvalue weighted by Gasteiger charge is -2.17. The topological polar surface area (TPSA) is 66.0 Å². The van der Waals surface area contributed by atoms with E-state index in [1.807, 2.05) is 0 Å². The second-order valence-electron chi connectivity index (χ2n) is 4.83. The summed E-state index contributed by atoms with van der Waals surface area (Å²) in [6.45, 7) is 8.12. The van der Waals surface area contributed by atoms with Gasteiger partial charge in [-0.15, -0.1) is 0 Å². The van der Waals surface area contributed by atoms with Crippen LogP contribution in [0.1, 0.15) is 39.5 Å². The molecule has 0 aliphatic carbocycles. The Hall–Kier alpha value is -1.59. The Morgan fingerprint density at radius 2 is 1.42 bits per heavy atom. The number of hydrogen-bond donors (Lipinski definition) is 2. The first kappa shape index (κ1) is 13.8. The molecule has 2 rings (SSSR count). The van der Waals surface area contributed by atoms with Crippen LogP contribution in [0.2, 0.25) is 0 Å². The third-order valence-corrected chi connectivity index (χ3v) is 3.08. The molecule has 106 valence electrons. The van der Waals surface area contributed by atoms with E-state index in [1.54, 1.807) is 0 Å². The number of rotatable bonds is 7. The summed E-state index contributed by atoms with van der Waals surface area (Å²) in [5.74, 6) is 2.15. The van der Waals surface area contributed by atoms with Crippen molar-refractivity contribution in [1.82, 2.24) is 15.0 Å². The molecule has 1 aromatic heterocycles. The van der Waals surface area contributed by atoms with Gasteiger partial charge >= 0.3 is 0 Å². The van der Waals surface area contributed by atoms with Crippen LogP contribution in [0.4, 0.5) is 17.8 Å². The molecule has 2 N–H and O–H groups in total. The average Bonchev–Trinajstić information content (AvgIpc) is 2.97. The molecule has 1 fully saturated rings. The second-order valence-corrected chi connectivity index (χ2v) is 4.83. The van der Waals surface area contributed by atoms with E-state index in [0.29, 0.717) is 11.9 Å². The molecule has 0 bridgehead atoms. The largest absolute Gasteiger partial charge is 0.354 e. The van der Waals surface area contributed by atoms with E-state index in [1.165, 1.54) is 12.8 Å². The van der Waals surface area contributed by atoms with E-state index in [0.717, 1.165) is 45.0 Å². The highest BCUT2D eigenvalue weighted by Gasteiger charge is 2.17. The molecule has 19 heavy (non-hydrogen) atoms. The van der Waals surface area contributed by atoms with Crippen molar-refractivity contribution < 1.29 is 0 Å². The van der Waals surface area contributed by atoms with Crippen LogP contribution in [0, 0.1) is 0 Å². The minimum Gasteiger partial charge on any atom is -0.354 e. The third kappa shape index (κ3) is 3.94. The summed E-state index contributed by atoms with van der Waals surface area (Å²) < 4.78 is 0. The van der Waals surface area contributed by atoms with Crippen LogP contribution in [0.25, 0.3) is 0 Å². The molecule has 0 amide bonds. The van der Waals surface area contributed by atoms with Gasteiger partial charge in [0.25, 0.3) is 0 Å². The summed E-state index contributed by atoms with van der Waals surface area (Å²) in [6, 6.07) is 0. The van der Waals surface area contributed by atoms with Gasteiger partial charge in [-0.05, 0) is 25.7 Å². The number of hydrogen-bond acceptors (Lipinski definition) is 6. The summed E-state index contributed by atoms with van der Waals surface area (Å²) in [6.07, 6.45) is 4.56. The van der Waals surface area contributed by atoms with E-state index in [4.69, 9.17) is 0 Å². The average molecular weight is 264 g/mol. The normalized spacial score (nSPS) is 14.7. The van der Waals surface area contributed by atoms with Gasteiger partial charge in [0.1, 0.15) is 0 Å². The molecular formula is C13H24N6. The minimum atomic E-state index is 0.678. The van der Waals surface area contributed by atoms with Crippen molar-refractivity contribution in [2.24, 2.45) is 0 Å². The summed E-state index contributed by atoms with van der Waals surface area (Å²) in [7, 11) is 0. The van der Waals surface area contributed by atoms with E-state index < -0.39 is 0 Å². The van der Waals surface area contributed by atoms with Crippen molar-refractivity contribution in [3.63, 3.8) is 0 Å². The molecule has 1 aromatic rings. The van der Waals surface area contributed by atoms with Crippen molar-refractivity contribution in [3.05, 3.63) is 0 Å². The van der Waals surface area contributed by atoms with Crippen molar-refractivity contribution in [3.8, 4) is 0 Å². The van der Waals surface area contributed by atoms with Crippen LogP contribution >= 0.6 is 0 Å². The highest BCUT2D eigenvalue weighted by molar-refractivity contribution is 5.44. The molecule has 2 heterocycles. The van der Waals surface area contributed by atoms with Gasteiger partial charge in [0, 0.05) is 26.2 Å². The zero-order valence-electron chi connectivity index (χ0n) is 11.9. The Kier molecular flexibility index (Phi) is 5.18. The standard InChI is InChI=1S/C13H24N6/c1-3-7-14-11-16-12(15-8-4-2)18-13(17-11)19-9-5-6-10-19/h3-10H2,1-2H3,(H2,14,15,16,17,18). The van der Waals surface area contributed by atoms with E-state index in [-0.39, 0.29) is 0 Å². The molecule has 1 aliphatic heterocycles. The number of aromatic nitrogens is 3. The summed E-state index contributed by atoms with van der Waals surface area (Å²) in [4.78, 5) is 15.7. The zero-order chi connectivity index (χ0) is 13.5. The van der Waals surface area contributed by atoms with Crippen molar-refractivity contribution in [2.75, 3.05) is 41.7 Å². The fourth-order valence-corrected chi connectivity index (χ4v) is 2.06. The lowest BCUT2D eigenvalue weighted by atomic mass is 10.4. The van der Waals surface area contributed by atoms with Crippen LogP contribution in [-0.4, -0.2) is 41.1 Å². The number of nitrogens with one attached hydrogen (secondary N) is 2. The van der Waals surface area contributed by atoms with Crippen LogP contribution in [0.15, 0.2) is 0 Å². The third-order valence-electron chi connectivity index (χ3n) is 3.08. The molecule has 0 atom stereocenters. The van der Waals surface area contributed by atoms with Gasteiger partial charge in [0.05, 0.1) is 0 Å². The lowest BCUT2D eigenvalue weighted by Crippen LogP contribution is -2.22. The van der Waals surface area contributed by atoms with Gasteiger partial charge in [-0.2, -0.15) is 15.0 Å². The van der Waals surface area contributed by atoms with Crippen LogP contribution < -0.4 is 15.5 Å². The monoisotopic (exact) mass is 264 g/mol. The van der Waals surface area contributed by atoms with Crippen LogP contribution in [0.3, 0.4) is 0 Å². The summed E-state index contributed by atoms with van der Waals surface area (Å²) >= 11 is 0. The molecule has 1 aliphatic rings. The molecule has 0 spiro atoms. The second kappa shape index (κ2) is 7.11. The van der Waals surface area contributed by atoms with Gasteiger partial charge < -0.3 is 15.5 Å². The van der Waals surface area contributed by atoms with Crippen LogP contribution in [-0.2, 0) is 0 Å². The molecule has 0 unspecified atom stereocenters. The number of anilines is 3. The first-order chi connectivity index (χ1) is 9.33. The Morgan fingerprint density at radius 1 is 0.895 bits per heavy atom. The maximum Gasteiger partial charge on any atom is 0.231 e.